The Bertz CT molecular complexity index is 1260. The van der Waals surface area contributed by atoms with Crippen molar-refractivity contribution >= 4 is 29.1 Å². The molecule has 4 atom stereocenters. The Kier molecular flexibility index (Phi) is 4.54. The van der Waals surface area contributed by atoms with Crippen LogP contribution in [0.5, 0.6) is 0 Å². The number of carbonyl (C=O) groups is 1. The number of rotatable bonds is 4. The number of fused-ring (bicyclic) bond motifs is 4. The number of hydrogen-bond donors (Lipinski definition) is 4. The number of anilines is 1. The van der Waals surface area contributed by atoms with E-state index in [-0.39, 0.29) is 30.5 Å². The summed E-state index contributed by atoms with van der Waals surface area (Å²) in [5.41, 5.74) is 11.6. The second-order valence-corrected chi connectivity index (χ2v) is 8.43. The molecule has 10 heteroatoms. The van der Waals surface area contributed by atoms with Crippen molar-refractivity contribution in [3.8, 4) is 11.1 Å². The molecule has 1 unspecified atom stereocenters. The second kappa shape index (κ2) is 7.48. The number of guanidine groups is 1. The number of carbonyl (C=O) groups excluding carboxylic acids is 1. The number of nitrogens with two attached hydrogens (primary N) is 1. The molecule has 0 bridgehead atoms. The summed E-state index contributed by atoms with van der Waals surface area (Å²) in [6, 6.07) is 14.4. The number of nitrogens with zero attached hydrogens (tertiary/aromatic N) is 4. The maximum absolute atomic E-state index is 12.4. The van der Waals surface area contributed by atoms with E-state index in [1.165, 1.54) is 22.3 Å². The van der Waals surface area contributed by atoms with Crippen LogP contribution in [0.3, 0.4) is 0 Å². The molecule has 0 spiro atoms. The summed E-state index contributed by atoms with van der Waals surface area (Å²) in [4.78, 5) is 26.6. The molecule has 1 fully saturated rings. The molecule has 5 N–H and O–H groups in total. The van der Waals surface area contributed by atoms with Crippen LogP contribution < -0.4 is 11.1 Å². The van der Waals surface area contributed by atoms with Crippen molar-refractivity contribution in [1.82, 2.24) is 4.90 Å². The van der Waals surface area contributed by atoms with Crippen LogP contribution in [-0.4, -0.2) is 69.9 Å². The molecule has 33 heavy (non-hydrogen) atoms. The van der Waals surface area contributed by atoms with Crippen molar-refractivity contribution in [2.75, 3.05) is 11.9 Å². The molecule has 6 rings (SSSR count). The van der Waals surface area contributed by atoms with Crippen LogP contribution in [0.4, 0.5) is 5.69 Å². The van der Waals surface area contributed by atoms with Crippen LogP contribution in [-0.2, 0) is 16.0 Å². The fourth-order valence-corrected chi connectivity index (χ4v) is 4.86. The summed E-state index contributed by atoms with van der Waals surface area (Å²) >= 11 is 0. The zero-order valence-corrected chi connectivity index (χ0v) is 17.5. The molecular formula is C23H22N6O4. The van der Waals surface area contributed by atoms with Gasteiger partial charge in [-0.25, -0.2) is 4.99 Å². The van der Waals surface area contributed by atoms with Gasteiger partial charge in [-0.1, -0.05) is 30.3 Å². The molecule has 2 aromatic carbocycles. The van der Waals surface area contributed by atoms with Gasteiger partial charge in [-0.15, -0.1) is 0 Å². The highest BCUT2D eigenvalue weighted by Gasteiger charge is 2.47. The van der Waals surface area contributed by atoms with E-state index < -0.39 is 30.6 Å². The van der Waals surface area contributed by atoms with Gasteiger partial charge in [-0.05, 0) is 40.8 Å². The molecule has 1 aliphatic carbocycles. The Morgan fingerprint density at radius 3 is 2.79 bits per heavy atom. The normalized spacial score (nSPS) is 27.5. The van der Waals surface area contributed by atoms with Crippen LogP contribution in [0.1, 0.15) is 17.5 Å². The van der Waals surface area contributed by atoms with Crippen LogP contribution >= 0.6 is 0 Å². The van der Waals surface area contributed by atoms with Gasteiger partial charge in [0.25, 0.3) is 0 Å². The molecule has 1 amide bonds. The van der Waals surface area contributed by atoms with Crippen LogP contribution in [0.15, 0.2) is 57.4 Å². The SMILES string of the molecule is NC1=NC(=O)C2=NC(Nc3ccc4c(c3)Cc3ccccc3-4)N([C@H]3C[C@H](O)[C@@H](CO)O3)C2=N1. The number of benzene rings is 2. The Hall–Kier alpha value is -3.60. The maximum atomic E-state index is 12.4. The van der Waals surface area contributed by atoms with E-state index in [0.717, 1.165) is 12.1 Å². The lowest BCUT2D eigenvalue weighted by Crippen LogP contribution is -2.49. The van der Waals surface area contributed by atoms with Crippen molar-refractivity contribution in [2.45, 2.75) is 37.6 Å². The minimum atomic E-state index is -0.853. The van der Waals surface area contributed by atoms with Gasteiger partial charge in [0.15, 0.2) is 11.5 Å². The van der Waals surface area contributed by atoms with Crippen molar-refractivity contribution in [1.29, 1.82) is 0 Å². The van der Waals surface area contributed by atoms with Crippen LogP contribution in [0, 0.1) is 0 Å². The third-order valence-corrected chi connectivity index (χ3v) is 6.39. The zero-order valence-electron chi connectivity index (χ0n) is 17.5. The summed E-state index contributed by atoms with van der Waals surface area (Å²) in [7, 11) is 0. The maximum Gasteiger partial charge on any atom is 0.302 e. The first-order valence-corrected chi connectivity index (χ1v) is 10.8. The third-order valence-electron chi connectivity index (χ3n) is 6.39. The Morgan fingerprint density at radius 2 is 1.97 bits per heavy atom. The van der Waals surface area contributed by atoms with E-state index in [9.17, 15) is 15.0 Å². The van der Waals surface area contributed by atoms with Gasteiger partial charge in [-0.2, -0.15) is 9.98 Å². The topological polar surface area (TPSA) is 145 Å². The standard InChI is InChI=1S/C23H22N6O4/c24-22-27-20-19(21(32)28-22)26-23(29(20)18-9-16(31)17(10-30)33-18)25-13-5-6-15-12(8-13)7-11-3-1-2-4-14(11)15/h1-6,8,16-18,23,25,30-31H,7,9-10H2,(H2,24,28,32)/t16-,17+,18+,23?/m0/s1. The molecule has 3 heterocycles. The number of amides is 1. The van der Waals surface area contributed by atoms with E-state index in [0.29, 0.717) is 0 Å². The molecule has 4 aliphatic rings. The lowest BCUT2D eigenvalue weighted by atomic mass is 10.1. The molecule has 3 aliphatic heterocycles. The molecule has 10 nitrogen and oxygen atoms in total. The second-order valence-electron chi connectivity index (χ2n) is 8.43. The number of aliphatic imine (C=N–C) groups is 3. The number of nitrogens with one attached hydrogen (secondary N) is 1. The molecule has 0 radical (unpaired) electrons. The highest BCUT2D eigenvalue weighted by Crippen LogP contribution is 2.38. The predicted octanol–water partition coefficient (Wildman–Crippen LogP) is 0.431. The van der Waals surface area contributed by atoms with E-state index in [1.807, 2.05) is 18.2 Å². The van der Waals surface area contributed by atoms with Gasteiger partial charge in [0.05, 0.1) is 12.7 Å². The third kappa shape index (κ3) is 3.22. The number of ether oxygens (including phenoxy) is 1. The van der Waals surface area contributed by atoms with Gasteiger partial charge in [0.2, 0.25) is 12.2 Å². The van der Waals surface area contributed by atoms with Crippen LogP contribution in [0.2, 0.25) is 0 Å². The number of aliphatic hydroxyl groups excluding tert-OH is 2. The van der Waals surface area contributed by atoms with E-state index >= 15 is 0 Å². The van der Waals surface area contributed by atoms with Crippen molar-refractivity contribution < 1.29 is 19.7 Å². The number of aliphatic hydroxyl groups is 2. The van der Waals surface area contributed by atoms with E-state index in [4.69, 9.17) is 10.5 Å². The summed E-state index contributed by atoms with van der Waals surface area (Å²) < 4.78 is 5.85. The van der Waals surface area contributed by atoms with Gasteiger partial charge < -0.3 is 26.0 Å². The Morgan fingerprint density at radius 1 is 1.15 bits per heavy atom. The van der Waals surface area contributed by atoms with E-state index in [1.54, 1.807) is 4.90 Å². The molecule has 2 aromatic rings. The average molecular weight is 446 g/mol. The zero-order chi connectivity index (χ0) is 22.7. The number of hydrogen-bond acceptors (Lipinski definition) is 9. The highest BCUT2D eigenvalue weighted by atomic mass is 16.5. The lowest BCUT2D eigenvalue weighted by Gasteiger charge is -2.32. The highest BCUT2D eigenvalue weighted by molar-refractivity contribution is 6.69. The predicted molar refractivity (Wildman–Crippen MR) is 122 cm³/mol. The van der Waals surface area contributed by atoms with Gasteiger partial charge >= 0.3 is 5.91 Å². The fourth-order valence-electron chi connectivity index (χ4n) is 4.86. The molecule has 0 aromatic heterocycles. The Labute approximate surface area is 189 Å². The minimum absolute atomic E-state index is 0.0841. The molecule has 168 valence electrons. The summed E-state index contributed by atoms with van der Waals surface area (Å²) in [6.45, 7) is -0.322. The largest absolute Gasteiger partial charge is 0.394 e. The van der Waals surface area contributed by atoms with Gasteiger partial charge in [0, 0.05) is 12.1 Å². The first-order chi connectivity index (χ1) is 16.0. The van der Waals surface area contributed by atoms with E-state index in [2.05, 4.69) is 44.6 Å². The fraction of sp³-hybridized carbons (Fsp3) is 0.304. The first kappa shape index (κ1) is 20.0. The Balaban J connectivity index is 1.32. The molecule has 0 saturated carbocycles. The van der Waals surface area contributed by atoms with Crippen molar-refractivity contribution in [3.63, 3.8) is 0 Å². The van der Waals surface area contributed by atoms with Crippen LogP contribution in [0.25, 0.3) is 11.1 Å². The smallest absolute Gasteiger partial charge is 0.302 e. The van der Waals surface area contributed by atoms with Crippen molar-refractivity contribution in [2.24, 2.45) is 20.7 Å². The van der Waals surface area contributed by atoms with Gasteiger partial charge in [-0.3, -0.25) is 9.69 Å². The minimum Gasteiger partial charge on any atom is -0.394 e. The lowest BCUT2D eigenvalue weighted by molar-refractivity contribution is -0.111. The number of amidine groups is 1. The average Bonchev–Trinajstić information content (AvgIpc) is 3.46. The molecule has 1 saturated heterocycles. The summed E-state index contributed by atoms with van der Waals surface area (Å²) in [5, 5.41) is 23.1. The quantitative estimate of drug-likeness (QED) is 0.455. The summed E-state index contributed by atoms with van der Waals surface area (Å²) in [5.74, 6) is -0.491. The van der Waals surface area contributed by atoms with Crippen molar-refractivity contribution in [3.05, 3.63) is 53.6 Å². The first-order valence-electron chi connectivity index (χ1n) is 10.8. The van der Waals surface area contributed by atoms with Gasteiger partial charge in [0.1, 0.15) is 12.3 Å². The summed E-state index contributed by atoms with van der Waals surface area (Å²) in [6.07, 6.45) is -1.91. The molecular weight excluding hydrogens is 424 g/mol. The monoisotopic (exact) mass is 446 g/mol.